The first-order valence-corrected chi connectivity index (χ1v) is 42.2. The van der Waals surface area contributed by atoms with Gasteiger partial charge in [0.25, 0.3) is 0 Å². The van der Waals surface area contributed by atoms with Crippen LogP contribution in [0.2, 0.25) is 0 Å². The summed E-state index contributed by atoms with van der Waals surface area (Å²) in [5.74, 6) is -0.291. The first-order valence-electron chi connectivity index (χ1n) is 39.4. The van der Waals surface area contributed by atoms with Crippen molar-refractivity contribution in [2.75, 3.05) is 6.61 Å². The van der Waals surface area contributed by atoms with Crippen molar-refractivity contribution < 1.29 is 70.9 Å². The Balaban J connectivity index is 0.000000181. The Morgan fingerprint density at radius 1 is 0.415 bits per heavy atom. The molecule has 23 nitrogen and oxygen atoms in total. The highest BCUT2D eigenvalue weighted by molar-refractivity contribution is 7.88. The van der Waals surface area contributed by atoms with E-state index in [1.165, 1.54) is 18.3 Å². The Hall–Kier alpha value is -14.6. The number of halogens is 6. The summed E-state index contributed by atoms with van der Waals surface area (Å²) in [7, 11) is -5.92. The zero-order valence-corrected chi connectivity index (χ0v) is 71.2. The molecule has 0 unspecified atom stereocenters. The van der Waals surface area contributed by atoms with Crippen molar-refractivity contribution in [1.29, 1.82) is 0 Å². The van der Waals surface area contributed by atoms with Gasteiger partial charge in [0.05, 0.1) is 75.7 Å². The molecule has 9 aromatic carbocycles. The number of nitrogens with zero attached hydrogens (tertiary/aromatic N) is 11. The van der Waals surface area contributed by atoms with E-state index in [1.54, 1.807) is 95.8 Å². The number of fused-ring (bicyclic) bond motifs is 4. The second-order valence-corrected chi connectivity index (χ2v) is 33.5. The van der Waals surface area contributed by atoms with Crippen LogP contribution in [-0.2, 0) is 52.5 Å². The van der Waals surface area contributed by atoms with Gasteiger partial charge in [-0.15, -0.1) is 0 Å². The van der Waals surface area contributed by atoms with E-state index < -0.39 is 54.4 Å². The van der Waals surface area contributed by atoms with Gasteiger partial charge in [-0.1, -0.05) is 206 Å². The molecule has 8 aromatic heterocycles. The van der Waals surface area contributed by atoms with Crippen molar-refractivity contribution in [1.82, 2.24) is 64.8 Å². The number of aromatic nitrogens is 12. The Bertz CT molecular complexity index is 7080. The number of alkyl halides is 6. The molecule has 0 aliphatic carbocycles. The lowest BCUT2D eigenvalue weighted by atomic mass is 9.98. The molecule has 0 aliphatic rings. The van der Waals surface area contributed by atoms with Gasteiger partial charge in [0, 0.05) is 110 Å². The SMILES string of the molecule is C.C.C.C.Cc1[nH]nc2ccc(-c3cc(OS(=O)(=O)C(F)(F)F)cnc3-c3ccccc3)cc12.Cc1c2cc(-c3cc(O)cnc3-c3ccccc3)ccc2nn1C.Cc1c2cc(-c3cc(OC[C@H](Cc4ccccc4)NC(=O)OC(C)(C)C)cnc3-c3ccccc3)ccc2nn1C.Cc1c2cc(-c3cc(OS(=O)(=O)C(F)(F)F)cnc3-c3ccccc3)ccc2nn1C. The molecule has 130 heavy (non-hydrogen) atoms. The smallest absolute Gasteiger partial charge is 0.506 e. The number of aromatic amines is 1. The highest BCUT2D eigenvalue weighted by Gasteiger charge is 2.50. The second-order valence-electron chi connectivity index (χ2n) is 30.5. The summed E-state index contributed by atoms with van der Waals surface area (Å²) in [4.78, 5) is 30.4. The number of nitrogens with one attached hydrogen (secondary N) is 2. The van der Waals surface area contributed by atoms with Crippen molar-refractivity contribution in [3.63, 3.8) is 0 Å². The number of benzene rings is 9. The van der Waals surface area contributed by atoms with E-state index in [1.807, 2.05) is 186 Å². The molecule has 3 N–H and O–H groups in total. The third-order valence-corrected chi connectivity index (χ3v) is 22.5. The number of hydrogen-bond donors (Lipinski definition) is 3. The maximum Gasteiger partial charge on any atom is 0.534 e. The van der Waals surface area contributed by atoms with Gasteiger partial charge in [0.15, 0.2) is 11.5 Å². The zero-order chi connectivity index (χ0) is 89.6. The van der Waals surface area contributed by atoms with Crippen molar-refractivity contribution in [3.05, 3.63) is 302 Å². The summed E-state index contributed by atoms with van der Waals surface area (Å²) < 4.78 is 148. The minimum atomic E-state index is -5.82. The first-order chi connectivity index (χ1) is 60.0. The van der Waals surface area contributed by atoms with Crippen molar-refractivity contribution in [2.24, 2.45) is 21.1 Å². The lowest BCUT2D eigenvalue weighted by Gasteiger charge is -2.24. The molecule has 674 valence electrons. The topological polar surface area (TPSA) is 288 Å². The van der Waals surface area contributed by atoms with Crippen LogP contribution in [0.4, 0.5) is 31.1 Å². The number of alkyl carbamates (subject to hydrolysis) is 1. The highest BCUT2D eigenvalue weighted by atomic mass is 32.2. The number of rotatable bonds is 18. The summed E-state index contributed by atoms with van der Waals surface area (Å²) in [6, 6.07) is 77.2. The van der Waals surface area contributed by atoms with Gasteiger partial charge >= 0.3 is 37.3 Å². The molecule has 0 spiro atoms. The molecule has 17 rings (SSSR count). The summed E-state index contributed by atoms with van der Waals surface area (Å²) >= 11 is 0. The van der Waals surface area contributed by atoms with E-state index >= 15 is 0 Å². The van der Waals surface area contributed by atoms with Gasteiger partial charge in [-0.2, -0.15) is 63.6 Å². The monoisotopic (exact) mass is 1810 g/mol. The Morgan fingerprint density at radius 3 is 1.08 bits per heavy atom. The largest absolute Gasteiger partial charge is 0.534 e. The van der Waals surface area contributed by atoms with Crippen molar-refractivity contribution >= 4 is 69.9 Å². The highest BCUT2D eigenvalue weighted by Crippen LogP contribution is 2.42. The Morgan fingerprint density at radius 2 is 0.731 bits per heavy atom. The lowest BCUT2D eigenvalue weighted by Crippen LogP contribution is -2.43. The van der Waals surface area contributed by atoms with Crippen LogP contribution in [0.15, 0.2) is 274 Å². The second kappa shape index (κ2) is 40.6. The van der Waals surface area contributed by atoms with E-state index in [4.69, 9.17) is 14.5 Å². The summed E-state index contributed by atoms with van der Waals surface area (Å²) in [6.07, 6.45) is 5.27. The number of amides is 1. The fraction of sp³-hybridized carbons (Fsp3) is 0.202. The quantitative estimate of drug-likeness (QED) is 0.0409. The van der Waals surface area contributed by atoms with E-state index in [-0.39, 0.29) is 48.1 Å². The average molecular weight is 1810 g/mol. The van der Waals surface area contributed by atoms with Gasteiger partial charge in [0.2, 0.25) is 0 Å². The molecule has 31 heteroatoms. The molecule has 0 saturated heterocycles. The maximum absolute atomic E-state index is 12.8. The minimum absolute atomic E-state index is 0. The summed E-state index contributed by atoms with van der Waals surface area (Å²) in [6.45, 7) is 13.7. The maximum atomic E-state index is 12.8. The van der Waals surface area contributed by atoms with Crippen LogP contribution >= 0.6 is 0 Å². The van der Waals surface area contributed by atoms with E-state index in [2.05, 4.69) is 98.3 Å². The van der Waals surface area contributed by atoms with Gasteiger partial charge in [-0.3, -0.25) is 39.1 Å². The van der Waals surface area contributed by atoms with Crippen LogP contribution in [0.1, 0.15) is 78.8 Å². The number of carbonyl (C=O) groups is 1. The third-order valence-electron chi connectivity index (χ3n) is 20.5. The standard InChI is InChI=1S/C34H36N4O3.C21H16F3N3O3S.C20H14F3N3O3S.C20H17N3O.4CH4/c1-23-29-19-26(16-17-31(29)37-38(23)5)30-20-28(21-35-32(30)25-14-10-7-11-15-25)40-22-27(18-24-12-8-6-9-13-24)36-33(39)41-34(2,3)4;1-13-17-10-15(8-9-19(17)26-27(13)2)18-11-16(30-31(28,29)21(22,23)24)12-25-20(18)14-6-4-3-5-7-14;1-12-16-9-14(7-8-18(16)26-25-12)17-10-15(29-30(27,28)20(21,22)23)11-24-19(17)13-5-3-2-4-6-13;1-13-17-10-15(8-9-19(17)22-23(13)2)18-11-16(24)12-21-20(18)14-6-4-3-5-7-14;;;;/h6-17,19-21,27H,18,22H2,1-5H3,(H,36,39);3-12H,1-2H3;2-11H,1H3,(H,25,26);3-12,24H,1-2H3;4*1H4/t27-;;;;;;;/m0......./s1. The molecule has 0 aliphatic heterocycles. The third kappa shape index (κ3) is 22.5. The number of ether oxygens (including phenoxy) is 2. The normalized spacial score (nSPS) is 11.7. The van der Waals surface area contributed by atoms with Gasteiger partial charge in [0.1, 0.15) is 23.7 Å². The molecule has 1 atom stereocenters. The van der Waals surface area contributed by atoms with Crippen LogP contribution in [0.3, 0.4) is 0 Å². The predicted octanol–water partition coefficient (Wildman–Crippen LogP) is 23.7. The van der Waals surface area contributed by atoms with Gasteiger partial charge in [-0.25, -0.2) is 4.79 Å². The number of hydrogen-bond acceptors (Lipinski definition) is 18. The Kier molecular flexibility index (Phi) is 30.5. The van der Waals surface area contributed by atoms with Crippen LogP contribution in [0.25, 0.3) is 133 Å². The van der Waals surface area contributed by atoms with Crippen molar-refractivity contribution in [3.8, 4) is 113 Å². The molecular formula is C99H99F6N13O10S2. The number of aryl methyl sites for hydroxylation is 7. The van der Waals surface area contributed by atoms with Gasteiger partial charge in [-0.05, 0) is 156 Å². The molecule has 17 aromatic rings. The average Bonchev–Trinajstić information content (AvgIpc) is 1.68. The number of H-pyrrole nitrogens is 1. The van der Waals surface area contributed by atoms with Crippen LogP contribution in [-0.4, -0.2) is 117 Å². The number of carbonyl (C=O) groups excluding carboxylic acids is 1. The predicted molar refractivity (Wildman–Crippen MR) is 500 cm³/mol. The molecular weight excluding hydrogens is 1710 g/mol. The van der Waals surface area contributed by atoms with Gasteiger partial charge < -0.3 is 28.3 Å². The van der Waals surface area contributed by atoms with Crippen LogP contribution < -0.4 is 18.4 Å². The Labute approximate surface area is 750 Å². The fourth-order valence-electron chi connectivity index (χ4n) is 14.0. The molecule has 0 radical (unpaired) electrons. The molecule has 8 heterocycles. The van der Waals surface area contributed by atoms with Crippen molar-refractivity contribution in [2.45, 2.75) is 107 Å². The molecule has 1 amide bonds. The van der Waals surface area contributed by atoms with E-state index in [0.717, 1.165) is 129 Å². The summed E-state index contributed by atoms with van der Waals surface area (Å²) in [5.41, 5.74) is 8.84. The summed E-state index contributed by atoms with van der Waals surface area (Å²) in [5, 5.41) is 37.3. The minimum Gasteiger partial charge on any atom is -0.506 e. The number of pyridine rings is 4. The van der Waals surface area contributed by atoms with Crippen LogP contribution in [0, 0.1) is 27.7 Å². The van der Waals surface area contributed by atoms with E-state index in [0.29, 0.717) is 56.9 Å². The fourth-order valence-corrected chi connectivity index (χ4v) is 14.9. The molecule has 0 saturated carbocycles. The van der Waals surface area contributed by atoms with E-state index in [9.17, 15) is 53.1 Å². The number of aromatic hydroxyl groups is 1. The molecule has 0 bridgehead atoms. The lowest BCUT2D eigenvalue weighted by molar-refractivity contribution is -0.0504. The first kappa shape index (κ1) is 97.6. The zero-order valence-electron chi connectivity index (χ0n) is 69.6. The van der Waals surface area contributed by atoms with Crippen LogP contribution in [0.5, 0.6) is 23.0 Å². The molecule has 0 fully saturated rings.